The number of pyridine rings is 1. The molecule has 0 fully saturated rings. The summed E-state index contributed by atoms with van der Waals surface area (Å²) in [4.78, 5) is 6.75. The largest absolute Gasteiger partial charge is 0.478 e. The molecule has 140 valence electrons. The summed E-state index contributed by atoms with van der Waals surface area (Å²) in [6.45, 7) is 3.82. The first-order valence-corrected chi connectivity index (χ1v) is 11.1. The Morgan fingerprint density at radius 3 is 2.69 bits per heavy atom. The van der Waals surface area contributed by atoms with Gasteiger partial charge in [-0.15, -0.1) is 0 Å². The highest BCUT2D eigenvalue weighted by Gasteiger charge is 2.14. The normalized spacial score (nSPS) is 14.8. The molecular weight excluding hydrogens is 348 g/mol. The van der Waals surface area contributed by atoms with Crippen LogP contribution < -0.4 is 4.74 Å². The molecule has 0 aliphatic carbocycles. The number of hydrogen-bond acceptors (Lipinski definition) is 5. The first-order chi connectivity index (χ1) is 12.5. The van der Waals surface area contributed by atoms with E-state index in [1.165, 1.54) is 17.4 Å². The SMILES string of the molecule is CS(=O)(=O)Cc1cccc(OCCCCN2CCc3ccccc3C2)n1. The quantitative estimate of drug-likeness (QED) is 0.665. The number of benzene rings is 1. The monoisotopic (exact) mass is 374 g/mol. The lowest BCUT2D eigenvalue weighted by Gasteiger charge is -2.28. The number of fused-ring (bicyclic) bond motifs is 1. The van der Waals surface area contributed by atoms with Gasteiger partial charge in [-0.1, -0.05) is 30.3 Å². The van der Waals surface area contributed by atoms with Crippen molar-refractivity contribution in [1.82, 2.24) is 9.88 Å². The van der Waals surface area contributed by atoms with E-state index in [0.717, 1.165) is 38.9 Å². The number of unbranched alkanes of at least 4 members (excludes halogenated alkanes) is 1. The van der Waals surface area contributed by atoms with Crippen LogP contribution in [0, 0.1) is 0 Å². The van der Waals surface area contributed by atoms with Gasteiger partial charge in [-0.3, -0.25) is 4.90 Å². The molecule has 1 aromatic carbocycles. The number of aromatic nitrogens is 1. The fourth-order valence-corrected chi connectivity index (χ4v) is 3.94. The van der Waals surface area contributed by atoms with Crippen LogP contribution in [0.4, 0.5) is 0 Å². The Morgan fingerprint density at radius 1 is 1.08 bits per heavy atom. The Labute approximate surface area is 155 Å². The maximum Gasteiger partial charge on any atom is 0.213 e. The lowest BCUT2D eigenvalue weighted by Crippen LogP contribution is -2.31. The van der Waals surface area contributed by atoms with Gasteiger partial charge in [0, 0.05) is 25.4 Å². The number of hydrogen-bond donors (Lipinski definition) is 0. The Bertz CT molecular complexity index is 836. The van der Waals surface area contributed by atoms with E-state index in [2.05, 4.69) is 34.1 Å². The predicted molar refractivity (Wildman–Crippen MR) is 103 cm³/mol. The molecule has 1 aliphatic heterocycles. The number of sulfone groups is 1. The van der Waals surface area contributed by atoms with E-state index in [9.17, 15) is 8.42 Å². The van der Waals surface area contributed by atoms with Crippen molar-refractivity contribution in [2.75, 3.05) is 26.0 Å². The molecule has 2 heterocycles. The van der Waals surface area contributed by atoms with Crippen molar-refractivity contribution in [3.05, 3.63) is 59.3 Å². The fourth-order valence-electron chi connectivity index (χ4n) is 3.25. The van der Waals surface area contributed by atoms with Gasteiger partial charge in [0.25, 0.3) is 0 Å². The molecular formula is C20H26N2O3S. The molecule has 6 heteroatoms. The van der Waals surface area contributed by atoms with E-state index in [1.54, 1.807) is 18.2 Å². The van der Waals surface area contributed by atoms with Crippen LogP contribution in [0.15, 0.2) is 42.5 Å². The molecule has 0 radical (unpaired) electrons. The molecule has 0 unspecified atom stereocenters. The minimum atomic E-state index is -3.08. The van der Waals surface area contributed by atoms with Gasteiger partial charge in [-0.05, 0) is 43.0 Å². The third-order valence-corrected chi connectivity index (χ3v) is 5.34. The highest BCUT2D eigenvalue weighted by molar-refractivity contribution is 7.89. The summed E-state index contributed by atoms with van der Waals surface area (Å²) < 4.78 is 28.4. The molecule has 5 nitrogen and oxygen atoms in total. The molecule has 0 amide bonds. The smallest absolute Gasteiger partial charge is 0.213 e. The van der Waals surface area contributed by atoms with Gasteiger partial charge in [0.1, 0.15) is 0 Å². The van der Waals surface area contributed by atoms with Gasteiger partial charge in [-0.25, -0.2) is 13.4 Å². The standard InChI is InChI=1S/C20H26N2O3S/c1-26(23,24)16-19-9-6-10-20(21-19)25-14-5-4-12-22-13-11-17-7-2-3-8-18(17)15-22/h2-3,6-10H,4-5,11-16H2,1H3. The van der Waals surface area contributed by atoms with E-state index < -0.39 is 9.84 Å². The van der Waals surface area contributed by atoms with E-state index >= 15 is 0 Å². The third-order valence-electron chi connectivity index (χ3n) is 4.52. The Balaban J connectivity index is 1.38. The molecule has 1 aliphatic rings. The van der Waals surface area contributed by atoms with Crippen LogP contribution in [-0.4, -0.2) is 44.3 Å². The first-order valence-electron chi connectivity index (χ1n) is 9.05. The molecule has 0 saturated carbocycles. The van der Waals surface area contributed by atoms with Crippen molar-refractivity contribution in [2.45, 2.75) is 31.6 Å². The number of rotatable bonds is 8. The maximum absolute atomic E-state index is 11.4. The third kappa shape index (κ3) is 5.81. The molecule has 1 aromatic heterocycles. The van der Waals surface area contributed by atoms with Crippen LogP contribution in [0.1, 0.15) is 29.7 Å². The van der Waals surface area contributed by atoms with Gasteiger partial charge in [0.15, 0.2) is 9.84 Å². The maximum atomic E-state index is 11.4. The van der Waals surface area contributed by atoms with Gasteiger partial charge in [0.2, 0.25) is 5.88 Å². The van der Waals surface area contributed by atoms with E-state index in [-0.39, 0.29) is 5.75 Å². The minimum Gasteiger partial charge on any atom is -0.478 e. The van der Waals surface area contributed by atoms with Crippen molar-refractivity contribution in [2.24, 2.45) is 0 Å². The molecule has 0 N–H and O–H groups in total. The average Bonchev–Trinajstić information content (AvgIpc) is 2.60. The summed E-state index contributed by atoms with van der Waals surface area (Å²) in [6.07, 6.45) is 4.37. The summed E-state index contributed by atoms with van der Waals surface area (Å²) in [5, 5.41) is 0. The number of nitrogens with zero attached hydrogens (tertiary/aromatic N) is 2. The second kappa shape index (κ2) is 8.64. The van der Waals surface area contributed by atoms with Crippen LogP contribution in [0.25, 0.3) is 0 Å². The van der Waals surface area contributed by atoms with Crippen molar-refractivity contribution in [1.29, 1.82) is 0 Å². The first kappa shape index (κ1) is 18.9. The summed E-state index contributed by atoms with van der Waals surface area (Å²) in [6, 6.07) is 13.9. The molecule has 0 spiro atoms. The zero-order valence-corrected chi connectivity index (χ0v) is 16.0. The molecule has 0 atom stereocenters. The van der Waals surface area contributed by atoms with E-state index in [4.69, 9.17) is 4.74 Å². The van der Waals surface area contributed by atoms with Crippen molar-refractivity contribution in [3.8, 4) is 5.88 Å². The van der Waals surface area contributed by atoms with Gasteiger partial charge in [-0.2, -0.15) is 0 Å². The zero-order valence-electron chi connectivity index (χ0n) is 15.2. The molecule has 3 rings (SSSR count). The molecule has 26 heavy (non-hydrogen) atoms. The second-order valence-corrected chi connectivity index (χ2v) is 9.03. The van der Waals surface area contributed by atoms with E-state index in [0.29, 0.717) is 18.2 Å². The minimum absolute atomic E-state index is 0.0549. The number of ether oxygens (including phenoxy) is 1. The van der Waals surface area contributed by atoms with Gasteiger partial charge < -0.3 is 4.74 Å². The lowest BCUT2D eigenvalue weighted by atomic mass is 10.00. The summed E-state index contributed by atoms with van der Waals surface area (Å²) in [5.74, 6) is 0.443. The average molecular weight is 375 g/mol. The van der Waals surface area contributed by atoms with Gasteiger partial charge >= 0.3 is 0 Å². The van der Waals surface area contributed by atoms with Crippen LogP contribution in [-0.2, 0) is 28.6 Å². The topological polar surface area (TPSA) is 59.5 Å². The molecule has 0 bridgehead atoms. The highest BCUT2D eigenvalue weighted by Crippen LogP contribution is 2.18. The summed E-state index contributed by atoms with van der Waals surface area (Å²) in [7, 11) is -3.08. The summed E-state index contributed by atoms with van der Waals surface area (Å²) >= 11 is 0. The zero-order chi connectivity index (χ0) is 18.4. The molecule has 0 saturated heterocycles. The van der Waals surface area contributed by atoms with Gasteiger partial charge in [0.05, 0.1) is 18.1 Å². The fraction of sp³-hybridized carbons (Fsp3) is 0.450. The summed E-state index contributed by atoms with van der Waals surface area (Å²) in [5.41, 5.74) is 3.45. The Kier molecular flexibility index (Phi) is 6.27. The van der Waals surface area contributed by atoms with Crippen LogP contribution in [0.5, 0.6) is 5.88 Å². The van der Waals surface area contributed by atoms with Crippen LogP contribution >= 0.6 is 0 Å². The highest BCUT2D eigenvalue weighted by atomic mass is 32.2. The van der Waals surface area contributed by atoms with Crippen LogP contribution in [0.3, 0.4) is 0 Å². The Hall–Kier alpha value is -1.92. The predicted octanol–water partition coefficient (Wildman–Crippen LogP) is 2.84. The lowest BCUT2D eigenvalue weighted by molar-refractivity contribution is 0.233. The van der Waals surface area contributed by atoms with Crippen molar-refractivity contribution in [3.63, 3.8) is 0 Å². The van der Waals surface area contributed by atoms with E-state index in [1.807, 2.05) is 0 Å². The Morgan fingerprint density at radius 2 is 1.88 bits per heavy atom. The van der Waals surface area contributed by atoms with Crippen molar-refractivity contribution < 1.29 is 13.2 Å². The second-order valence-electron chi connectivity index (χ2n) is 6.89. The van der Waals surface area contributed by atoms with Crippen molar-refractivity contribution >= 4 is 9.84 Å². The molecule has 2 aromatic rings. The van der Waals surface area contributed by atoms with Crippen LogP contribution in [0.2, 0.25) is 0 Å².